The molecule has 33 heavy (non-hydrogen) atoms. The number of thioether (sulfide) groups is 1. The Balaban J connectivity index is 1.45. The van der Waals surface area contributed by atoms with Crippen LogP contribution in [0, 0.1) is 13.8 Å². The number of urea groups is 1. The van der Waals surface area contributed by atoms with Gasteiger partial charge in [-0.2, -0.15) is 0 Å². The Labute approximate surface area is 198 Å². The van der Waals surface area contributed by atoms with Gasteiger partial charge in [0.05, 0.1) is 12.2 Å². The molecule has 2 aliphatic heterocycles. The highest BCUT2D eigenvalue weighted by molar-refractivity contribution is 8.01. The van der Waals surface area contributed by atoms with Crippen molar-refractivity contribution >= 4 is 29.4 Å². The quantitative estimate of drug-likeness (QED) is 0.602. The summed E-state index contributed by atoms with van der Waals surface area (Å²) in [5, 5.41) is 3.05. The van der Waals surface area contributed by atoms with Crippen molar-refractivity contribution in [3.05, 3.63) is 101 Å². The maximum atomic E-state index is 14.0. The lowest BCUT2D eigenvalue weighted by atomic mass is 10.1. The summed E-state index contributed by atoms with van der Waals surface area (Å²) >= 11 is 1.56. The van der Waals surface area contributed by atoms with E-state index in [4.69, 9.17) is 0 Å². The Kier molecular flexibility index (Phi) is 5.62. The van der Waals surface area contributed by atoms with Crippen LogP contribution in [0.2, 0.25) is 0 Å². The fraction of sp³-hybridized carbons (Fsp3) is 0.259. The molecule has 1 fully saturated rings. The van der Waals surface area contributed by atoms with Crippen LogP contribution in [0.15, 0.2) is 72.8 Å². The van der Waals surface area contributed by atoms with E-state index < -0.39 is 4.87 Å². The average Bonchev–Trinajstić information content (AvgIpc) is 3.36. The van der Waals surface area contributed by atoms with Crippen molar-refractivity contribution in [1.29, 1.82) is 0 Å². The van der Waals surface area contributed by atoms with Gasteiger partial charge in [0.1, 0.15) is 0 Å². The molecule has 1 spiro atoms. The van der Waals surface area contributed by atoms with Gasteiger partial charge in [-0.25, -0.2) is 4.79 Å². The third-order valence-corrected chi connectivity index (χ3v) is 7.88. The molecule has 0 aromatic heterocycles. The summed E-state index contributed by atoms with van der Waals surface area (Å²) in [5.41, 5.74) is 6.24. The van der Waals surface area contributed by atoms with Crippen LogP contribution in [0.3, 0.4) is 0 Å². The molecule has 3 aromatic carbocycles. The lowest BCUT2D eigenvalue weighted by Crippen LogP contribution is -2.53. The van der Waals surface area contributed by atoms with Crippen molar-refractivity contribution in [3.8, 4) is 0 Å². The van der Waals surface area contributed by atoms with Gasteiger partial charge in [0, 0.05) is 24.4 Å². The Morgan fingerprint density at radius 3 is 2.64 bits per heavy atom. The molecule has 0 bridgehead atoms. The number of amides is 3. The van der Waals surface area contributed by atoms with Gasteiger partial charge in [0.15, 0.2) is 4.87 Å². The van der Waals surface area contributed by atoms with Crippen LogP contribution in [0.4, 0.5) is 10.5 Å². The van der Waals surface area contributed by atoms with Gasteiger partial charge >= 0.3 is 6.03 Å². The van der Waals surface area contributed by atoms with Crippen LogP contribution in [0.25, 0.3) is 0 Å². The minimum atomic E-state index is -1.02. The molecule has 0 radical (unpaired) electrons. The smallest absolute Gasteiger partial charge is 0.319 e. The Bertz CT molecular complexity index is 1230. The molecule has 0 saturated carbocycles. The van der Waals surface area contributed by atoms with Gasteiger partial charge in [0.2, 0.25) is 0 Å². The molecule has 2 heterocycles. The van der Waals surface area contributed by atoms with Gasteiger partial charge < -0.3 is 10.2 Å². The highest BCUT2D eigenvalue weighted by Gasteiger charge is 2.59. The van der Waals surface area contributed by atoms with Crippen molar-refractivity contribution in [2.75, 3.05) is 17.2 Å². The third kappa shape index (κ3) is 3.68. The van der Waals surface area contributed by atoms with Gasteiger partial charge in [0.25, 0.3) is 5.91 Å². The second-order valence-electron chi connectivity index (χ2n) is 8.63. The van der Waals surface area contributed by atoms with E-state index in [1.807, 2.05) is 66.4 Å². The Morgan fingerprint density at radius 2 is 1.82 bits per heavy atom. The van der Waals surface area contributed by atoms with Crippen LogP contribution in [-0.4, -0.2) is 29.1 Å². The first-order chi connectivity index (χ1) is 16.0. The van der Waals surface area contributed by atoms with Crippen LogP contribution in [0.1, 0.15) is 27.8 Å². The zero-order chi connectivity index (χ0) is 23.0. The van der Waals surface area contributed by atoms with E-state index >= 15 is 0 Å². The first-order valence-electron chi connectivity index (χ1n) is 11.2. The monoisotopic (exact) mass is 457 g/mol. The second-order valence-corrected chi connectivity index (χ2v) is 9.91. The first-order valence-corrected chi connectivity index (χ1v) is 12.2. The molecular weight excluding hydrogens is 430 g/mol. The van der Waals surface area contributed by atoms with Crippen molar-refractivity contribution in [1.82, 2.24) is 10.2 Å². The number of nitrogens with zero attached hydrogens (tertiary/aromatic N) is 2. The fourth-order valence-corrected chi connectivity index (χ4v) is 6.24. The number of hydrogen-bond donors (Lipinski definition) is 1. The molecule has 1 unspecified atom stereocenters. The number of para-hydroxylation sites is 1. The SMILES string of the molecule is Cc1cccc(CNC(=O)N2CCSC23C(=O)N(Cc2ccccc2C)c2ccccc23)c1. The fourth-order valence-electron chi connectivity index (χ4n) is 4.78. The summed E-state index contributed by atoms with van der Waals surface area (Å²) < 4.78 is 0. The summed E-state index contributed by atoms with van der Waals surface area (Å²) in [6.45, 7) is 5.55. The number of benzene rings is 3. The number of nitrogens with one attached hydrogen (secondary N) is 1. The number of rotatable bonds is 4. The van der Waals surface area contributed by atoms with Crippen molar-refractivity contribution in [2.45, 2.75) is 31.8 Å². The van der Waals surface area contributed by atoms with Gasteiger partial charge in [-0.15, -0.1) is 11.8 Å². The number of fused-ring (bicyclic) bond motifs is 2. The summed E-state index contributed by atoms with van der Waals surface area (Å²) in [7, 11) is 0. The normalized spacial score (nSPS) is 19.3. The predicted octanol–water partition coefficient (Wildman–Crippen LogP) is 4.96. The van der Waals surface area contributed by atoms with Crippen LogP contribution >= 0.6 is 11.8 Å². The maximum absolute atomic E-state index is 14.0. The van der Waals surface area contributed by atoms with Gasteiger partial charge in [-0.05, 0) is 36.6 Å². The summed E-state index contributed by atoms with van der Waals surface area (Å²) in [4.78, 5) is 29.9. The molecule has 1 saturated heterocycles. The number of anilines is 1. The molecule has 5 rings (SSSR count). The number of aryl methyl sites for hydroxylation is 2. The summed E-state index contributed by atoms with van der Waals surface area (Å²) in [5.74, 6) is 0.677. The van der Waals surface area contributed by atoms with E-state index in [9.17, 15) is 9.59 Å². The summed E-state index contributed by atoms with van der Waals surface area (Å²) in [6, 6.07) is 23.9. The van der Waals surface area contributed by atoms with E-state index in [1.54, 1.807) is 16.7 Å². The van der Waals surface area contributed by atoms with E-state index in [1.165, 1.54) is 0 Å². The zero-order valence-corrected chi connectivity index (χ0v) is 19.7. The minimum Gasteiger partial charge on any atom is -0.334 e. The van der Waals surface area contributed by atoms with Crippen molar-refractivity contribution in [2.24, 2.45) is 0 Å². The first kappa shape index (κ1) is 21.6. The molecule has 168 valence electrons. The average molecular weight is 458 g/mol. The third-order valence-electron chi connectivity index (χ3n) is 6.46. The molecule has 2 aliphatic rings. The lowest BCUT2D eigenvalue weighted by molar-refractivity contribution is -0.123. The van der Waals surface area contributed by atoms with E-state index in [0.717, 1.165) is 39.3 Å². The number of carbonyl (C=O) groups is 2. The van der Waals surface area contributed by atoms with Gasteiger partial charge in [-0.1, -0.05) is 72.3 Å². The van der Waals surface area contributed by atoms with E-state index in [0.29, 0.717) is 19.6 Å². The molecule has 3 amide bonds. The number of carbonyl (C=O) groups excluding carboxylic acids is 2. The topological polar surface area (TPSA) is 52.7 Å². The predicted molar refractivity (Wildman–Crippen MR) is 133 cm³/mol. The standard InChI is InChI=1S/C27H27N3O2S/c1-19-8-7-10-21(16-19)17-28-26(32)30-14-15-33-27(30)23-12-5-6-13-24(23)29(25(27)31)18-22-11-4-3-9-20(22)2/h3-13,16H,14-15,17-18H2,1-2H3,(H,28,32). The van der Waals surface area contributed by atoms with Gasteiger partial charge in [-0.3, -0.25) is 9.69 Å². The molecular formula is C27H27N3O2S. The minimum absolute atomic E-state index is 0.0415. The van der Waals surface area contributed by atoms with Crippen LogP contribution in [-0.2, 0) is 22.8 Å². The highest BCUT2D eigenvalue weighted by atomic mass is 32.2. The zero-order valence-electron chi connectivity index (χ0n) is 18.9. The van der Waals surface area contributed by atoms with E-state index in [2.05, 4.69) is 30.4 Å². The molecule has 3 aromatic rings. The van der Waals surface area contributed by atoms with Crippen molar-refractivity contribution < 1.29 is 9.59 Å². The second kappa shape index (κ2) is 8.60. The number of hydrogen-bond acceptors (Lipinski definition) is 3. The van der Waals surface area contributed by atoms with Crippen LogP contribution in [0.5, 0.6) is 0 Å². The Morgan fingerprint density at radius 1 is 1.03 bits per heavy atom. The van der Waals surface area contributed by atoms with E-state index in [-0.39, 0.29) is 11.9 Å². The summed E-state index contributed by atoms with van der Waals surface area (Å²) in [6.07, 6.45) is 0. The lowest BCUT2D eigenvalue weighted by Gasteiger charge is -2.33. The molecule has 1 atom stereocenters. The molecule has 5 nitrogen and oxygen atoms in total. The maximum Gasteiger partial charge on any atom is 0.319 e. The Hall–Kier alpha value is -3.25. The molecule has 6 heteroatoms. The van der Waals surface area contributed by atoms with Crippen LogP contribution < -0.4 is 10.2 Å². The molecule has 1 N–H and O–H groups in total. The highest BCUT2D eigenvalue weighted by Crippen LogP contribution is 2.54. The largest absolute Gasteiger partial charge is 0.334 e. The van der Waals surface area contributed by atoms with Crippen molar-refractivity contribution in [3.63, 3.8) is 0 Å². The molecule has 0 aliphatic carbocycles.